The van der Waals surface area contributed by atoms with Crippen molar-refractivity contribution in [2.75, 3.05) is 23.4 Å². The molecule has 2 amide bonds. The standard InChI is InChI=1S/C40H43N5O11S/c1-3-25-26-15-24(46)12-13-30(26)44-35-27(25)17-45-32(35)16-29-28(37(45)51)19-54-38(52)40(29,4-2)56-39(53)55-18-22-8-10-23(11-9-22)42-36(50)31(7-5-6-14-41)43-33(47)20-57-21-34(48)49/h8-13,15-16,31,46H,3-7,14,17-21,41H2,1-2H3,(H,42,50)(H,43,47)(H,48,49)/t31-,40-/m0/s1. The molecule has 2 aliphatic rings. The third kappa shape index (κ3) is 8.58. The number of aromatic hydroxyl groups is 1. The van der Waals surface area contributed by atoms with Gasteiger partial charge in [0.2, 0.25) is 17.4 Å². The summed E-state index contributed by atoms with van der Waals surface area (Å²) < 4.78 is 18.2. The number of carboxylic acids is 1. The van der Waals surface area contributed by atoms with E-state index in [4.69, 9.17) is 30.0 Å². The number of hydrogen-bond acceptors (Lipinski definition) is 13. The van der Waals surface area contributed by atoms with Crippen molar-refractivity contribution in [2.45, 2.75) is 77.4 Å². The zero-order chi connectivity index (χ0) is 40.9. The van der Waals surface area contributed by atoms with Gasteiger partial charge in [-0.3, -0.25) is 19.2 Å². The third-order valence-electron chi connectivity index (χ3n) is 10.0. The predicted molar refractivity (Wildman–Crippen MR) is 209 cm³/mol. The van der Waals surface area contributed by atoms with Gasteiger partial charge in [-0.25, -0.2) is 14.6 Å². The number of unbranched alkanes of at least 4 members (excludes halogenated alkanes) is 1. The molecular formula is C40H43N5O11S. The van der Waals surface area contributed by atoms with Crippen LogP contribution in [-0.4, -0.2) is 73.8 Å². The maximum Gasteiger partial charge on any atom is 0.510 e. The highest BCUT2D eigenvalue weighted by molar-refractivity contribution is 8.00. The number of pyridine rings is 2. The molecule has 0 saturated heterocycles. The van der Waals surface area contributed by atoms with Crippen molar-refractivity contribution >= 4 is 58.3 Å². The fraction of sp³-hybridized carbons (Fsp3) is 0.375. The van der Waals surface area contributed by atoms with E-state index in [1.807, 2.05) is 6.92 Å². The summed E-state index contributed by atoms with van der Waals surface area (Å²) in [6.45, 7) is 3.72. The van der Waals surface area contributed by atoms with E-state index in [2.05, 4.69) is 10.6 Å². The van der Waals surface area contributed by atoms with E-state index in [1.54, 1.807) is 60.0 Å². The second kappa shape index (κ2) is 17.5. The maximum absolute atomic E-state index is 14.0. The van der Waals surface area contributed by atoms with Crippen molar-refractivity contribution in [3.63, 3.8) is 0 Å². The topological polar surface area (TPSA) is 238 Å². The van der Waals surface area contributed by atoms with Crippen LogP contribution in [-0.2, 0) is 65.2 Å². The zero-order valence-corrected chi connectivity index (χ0v) is 32.2. The molecule has 2 aliphatic heterocycles. The first-order valence-corrected chi connectivity index (χ1v) is 19.7. The molecular weight excluding hydrogens is 759 g/mol. The first-order valence-electron chi connectivity index (χ1n) is 18.5. The fourth-order valence-electron chi connectivity index (χ4n) is 7.17. The largest absolute Gasteiger partial charge is 0.510 e. The number of amides is 2. The molecule has 57 heavy (non-hydrogen) atoms. The van der Waals surface area contributed by atoms with E-state index in [-0.39, 0.29) is 54.6 Å². The number of fused-ring (bicyclic) bond motifs is 5. The number of thioether (sulfide) groups is 1. The van der Waals surface area contributed by atoms with Crippen LogP contribution in [0.4, 0.5) is 10.5 Å². The number of aromatic nitrogens is 2. The molecule has 0 saturated carbocycles. The van der Waals surface area contributed by atoms with Gasteiger partial charge in [-0.15, -0.1) is 11.8 Å². The number of hydrogen-bond donors (Lipinski definition) is 5. The summed E-state index contributed by atoms with van der Waals surface area (Å²) in [5.41, 5.74) is 7.95. The van der Waals surface area contributed by atoms with E-state index in [0.717, 1.165) is 28.3 Å². The Labute approximate surface area is 331 Å². The molecule has 4 heterocycles. The molecule has 6 N–H and O–H groups in total. The Morgan fingerprint density at radius 1 is 1.05 bits per heavy atom. The monoisotopic (exact) mass is 801 g/mol. The number of anilines is 1. The zero-order valence-electron chi connectivity index (χ0n) is 31.4. The summed E-state index contributed by atoms with van der Waals surface area (Å²) in [4.78, 5) is 81.8. The van der Waals surface area contributed by atoms with Crippen molar-refractivity contribution in [3.05, 3.63) is 86.7 Å². The number of nitrogens with two attached hydrogens (primary N) is 1. The van der Waals surface area contributed by atoms with E-state index in [1.165, 1.54) is 0 Å². The average Bonchev–Trinajstić information content (AvgIpc) is 3.55. The number of nitrogens with zero attached hydrogens (tertiary/aromatic N) is 2. The van der Waals surface area contributed by atoms with Gasteiger partial charge in [0.05, 0.1) is 40.5 Å². The van der Waals surface area contributed by atoms with Gasteiger partial charge in [0.15, 0.2) is 0 Å². The highest BCUT2D eigenvalue weighted by Gasteiger charge is 2.51. The van der Waals surface area contributed by atoms with Gasteiger partial charge in [0.25, 0.3) is 5.56 Å². The quantitative estimate of drug-likeness (QED) is 0.0699. The smallest absolute Gasteiger partial charge is 0.508 e. The van der Waals surface area contributed by atoms with Gasteiger partial charge < -0.3 is 45.4 Å². The van der Waals surface area contributed by atoms with Crippen LogP contribution in [0.3, 0.4) is 0 Å². The second-order valence-electron chi connectivity index (χ2n) is 13.7. The number of aryl methyl sites for hydroxylation is 1. The molecule has 6 rings (SSSR count). The lowest BCUT2D eigenvalue weighted by Crippen LogP contribution is -2.47. The molecule has 17 heteroatoms. The van der Waals surface area contributed by atoms with Crippen LogP contribution in [0.5, 0.6) is 5.75 Å². The fourth-order valence-corrected chi connectivity index (χ4v) is 7.71. The van der Waals surface area contributed by atoms with Gasteiger partial charge in [0.1, 0.15) is 25.0 Å². The number of cyclic esters (lactones) is 1. The second-order valence-corrected chi connectivity index (χ2v) is 14.6. The van der Waals surface area contributed by atoms with Crippen LogP contribution in [0.2, 0.25) is 0 Å². The molecule has 0 fully saturated rings. The molecule has 2 aromatic heterocycles. The number of rotatable bonds is 16. The van der Waals surface area contributed by atoms with E-state index in [9.17, 15) is 33.9 Å². The van der Waals surface area contributed by atoms with E-state index in [0.29, 0.717) is 60.4 Å². The average molecular weight is 802 g/mol. The molecule has 0 aliphatic carbocycles. The predicted octanol–water partition coefficient (Wildman–Crippen LogP) is 4.08. The molecule has 2 aromatic carbocycles. The molecule has 0 radical (unpaired) electrons. The lowest BCUT2D eigenvalue weighted by atomic mass is 9.85. The van der Waals surface area contributed by atoms with Gasteiger partial charge in [-0.2, -0.15) is 0 Å². The molecule has 4 aromatic rings. The van der Waals surface area contributed by atoms with Crippen LogP contribution in [0, 0.1) is 0 Å². The Kier molecular flexibility index (Phi) is 12.5. The number of carbonyl (C=O) groups excluding carboxylic acids is 4. The van der Waals surface area contributed by atoms with Crippen LogP contribution < -0.4 is 21.9 Å². The van der Waals surface area contributed by atoms with Crippen LogP contribution >= 0.6 is 11.8 Å². The number of carbonyl (C=O) groups is 5. The number of phenols is 1. The number of nitrogens with one attached hydrogen (secondary N) is 2. The summed E-state index contributed by atoms with van der Waals surface area (Å²) >= 11 is 0.923. The number of phenolic OH excluding ortho intramolecular Hbond substituents is 1. The number of aliphatic carboxylic acids is 1. The van der Waals surface area contributed by atoms with Crippen molar-refractivity contribution in [2.24, 2.45) is 5.73 Å². The Hall–Kier alpha value is -5.94. The van der Waals surface area contributed by atoms with Crippen molar-refractivity contribution in [1.82, 2.24) is 14.9 Å². The molecule has 2 atom stereocenters. The lowest BCUT2D eigenvalue weighted by Gasteiger charge is -2.35. The Morgan fingerprint density at radius 3 is 2.53 bits per heavy atom. The van der Waals surface area contributed by atoms with Crippen LogP contribution in [0.1, 0.15) is 67.3 Å². The Morgan fingerprint density at radius 2 is 1.82 bits per heavy atom. The summed E-state index contributed by atoms with van der Waals surface area (Å²) in [5.74, 6) is -3.08. The van der Waals surface area contributed by atoms with Gasteiger partial charge in [-0.1, -0.05) is 26.0 Å². The number of carboxylic acid groups (broad SMARTS) is 1. The summed E-state index contributed by atoms with van der Waals surface area (Å²) in [6.07, 6.45) is 0.949. The first-order chi connectivity index (χ1) is 27.4. The van der Waals surface area contributed by atoms with E-state index < -0.39 is 47.1 Å². The summed E-state index contributed by atoms with van der Waals surface area (Å²) in [6, 6.07) is 12.1. The lowest BCUT2D eigenvalue weighted by molar-refractivity contribution is -0.175. The number of benzene rings is 2. The molecule has 0 bridgehead atoms. The Balaban J connectivity index is 1.15. The van der Waals surface area contributed by atoms with Crippen molar-refractivity contribution < 1.29 is 48.4 Å². The third-order valence-corrected chi connectivity index (χ3v) is 10.9. The summed E-state index contributed by atoms with van der Waals surface area (Å²) in [7, 11) is 0. The van der Waals surface area contributed by atoms with Gasteiger partial charge in [0, 0.05) is 22.2 Å². The highest BCUT2D eigenvalue weighted by atomic mass is 32.2. The van der Waals surface area contributed by atoms with Crippen LogP contribution in [0.25, 0.3) is 22.3 Å². The summed E-state index contributed by atoms with van der Waals surface area (Å²) in [5, 5.41) is 25.2. The Bertz CT molecular complexity index is 2290. The van der Waals surface area contributed by atoms with E-state index >= 15 is 0 Å². The van der Waals surface area contributed by atoms with Crippen molar-refractivity contribution in [3.8, 4) is 17.1 Å². The van der Waals surface area contributed by atoms with Gasteiger partial charge >= 0.3 is 18.1 Å². The molecule has 0 unspecified atom stereocenters. The molecule has 16 nitrogen and oxygen atoms in total. The minimum absolute atomic E-state index is 0.0580. The first kappa shape index (κ1) is 40.7. The highest BCUT2D eigenvalue weighted by Crippen LogP contribution is 2.42. The number of esters is 1. The number of ether oxygens (including phenoxy) is 3. The van der Waals surface area contributed by atoms with Gasteiger partial charge in [-0.05, 0) is 86.2 Å². The molecule has 0 spiro atoms. The van der Waals surface area contributed by atoms with Crippen LogP contribution in [0.15, 0.2) is 53.3 Å². The normalized spacial score (nSPS) is 15.8. The maximum atomic E-state index is 14.0. The minimum Gasteiger partial charge on any atom is -0.508 e. The SMILES string of the molecule is CCc1c2c(nc3ccc(O)cc13)-c1cc3c(c(=O)n1C2)COC(=O)[C@@]3(CC)OC(=O)OCc1ccc(NC(=O)[C@H](CCCCN)NC(=O)CSCC(=O)O)cc1. The van der Waals surface area contributed by atoms with Crippen molar-refractivity contribution in [1.29, 1.82) is 0 Å². The minimum atomic E-state index is -1.97. The molecule has 300 valence electrons.